The molecule has 15 heavy (non-hydrogen) atoms. The van der Waals surface area contributed by atoms with Crippen molar-refractivity contribution in [3.63, 3.8) is 0 Å². The lowest BCUT2D eigenvalue weighted by Crippen LogP contribution is -2.42. The van der Waals surface area contributed by atoms with E-state index in [2.05, 4.69) is 4.72 Å². The Labute approximate surface area is 91.2 Å². The molecule has 0 saturated heterocycles. The smallest absolute Gasteiger partial charge is 0.324 e. The minimum absolute atomic E-state index is 0.216. The van der Waals surface area contributed by atoms with Crippen molar-refractivity contribution in [1.82, 2.24) is 4.72 Å². The molecule has 0 amide bonds. The minimum Gasteiger partial charge on any atom is -0.465 e. The van der Waals surface area contributed by atoms with Gasteiger partial charge in [0.2, 0.25) is 10.0 Å². The van der Waals surface area contributed by atoms with Crippen LogP contribution in [0.1, 0.15) is 27.2 Å². The largest absolute Gasteiger partial charge is 0.465 e. The van der Waals surface area contributed by atoms with E-state index in [0.29, 0.717) is 6.42 Å². The Kier molecular flexibility index (Phi) is 5.82. The lowest BCUT2D eigenvalue weighted by Gasteiger charge is -2.17. The summed E-state index contributed by atoms with van der Waals surface area (Å²) in [6.07, 6.45) is 1.46. The van der Waals surface area contributed by atoms with Crippen molar-refractivity contribution in [2.45, 2.75) is 33.2 Å². The van der Waals surface area contributed by atoms with Crippen LogP contribution >= 0.6 is 0 Å². The zero-order valence-electron chi connectivity index (χ0n) is 9.61. The Morgan fingerprint density at radius 3 is 2.27 bits per heavy atom. The molecule has 0 heterocycles. The number of rotatable bonds is 6. The number of ether oxygens (including phenoxy) is 1. The lowest BCUT2D eigenvalue weighted by molar-refractivity contribution is -0.145. The van der Waals surface area contributed by atoms with Crippen LogP contribution < -0.4 is 4.72 Å². The van der Waals surface area contributed by atoms with E-state index in [0.717, 1.165) is 6.26 Å². The van der Waals surface area contributed by atoms with Gasteiger partial charge in [0.05, 0.1) is 12.9 Å². The molecule has 1 unspecified atom stereocenters. The second kappa shape index (κ2) is 6.07. The Bertz CT molecular complexity index is 297. The predicted molar refractivity (Wildman–Crippen MR) is 57.9 cm³/mol. The normalized spacial score (nSPS) is 13.9. The molecular weight excluding hydrogens is 218 g/mol. The van der Waals surface area contributed by atoms with Gasteiger partial charge < -0.3 is 4.74 Å². The molecule has 1 N–H and O–H groups in total. The minimum atomic E-state index is -3.38. The molecule has 0 radical (unpaired) electrons. The Hall–Kier alpha value is -0.620. The molecule has 0 saturated carbocycles. The Morgan fingerprint density at radius 1 is 1.40 bits per heavy atom. The lowest BCUT2D eigenvalue weighted by atomic mass is 10.1. The third kappa shape index (κ3) is 7.33. The van der Waals surface area contributed by atoms with Crippen molar-refractivity contribution in [1.29, 1.82) is 0 Å². The van der Waals surface area contributed by atoms with Crippen molar-refractivity contribution < 1.29 is 17.9 Å². The molecule has 0 aliphatic heterocycles. The highest BCUT2D eigenvalue weighted by molar-refractivity contribution is 7.88. The van der Waals surface area contributed by atoms with Crippen LogP contribution in [0.15, 0.2) is 0 Å². The summed E-state index contributed by atoms with van der Waals surface area (Å²) in [5.41, 5.74) is 0. The second-order valence-electron chi connectivity index (χ2n) is 3.82. The SMILES string of the molecule is CCOC(=O)C(CC(C)C)NS(C)(=O)=O. The monoisotopic (exact) mass is 237 g/mol. The summed E-state index contributed by atoms with van der Waals surface area (Å²) in [7, 11) is -3.38. The molecule has 0 spiro atoms. The summed E-state index contributed by atoms with van der Waals surface area (Å²) in [6.45, 7) is 5.76. The fraction of sp³-hybridized carbons (Fsp3) is 0.889. The fourth-order valence-corrected chi connectivity index (χ4v) is 1.87. The van der Waals surface area contributed by atoms with E-state index < -0.39 is 22.0 Å². The number of esters is 1. The molecule has 5 nitrogen and oxygen atoms in total. The van der Waals surface area contributed by atoms with Gasteiger partial charge in [-0.05, 0) is 19.3 Å². The predicted octanol–water partition coefficient (Wildman–Crippen LogP) is 0.513. The first-order valence-electron chi connectivity index (χ1n) is 4.90. The molecule has 0 aliphatic carbocycles. The van der Waals surface area contributed by atoms with Gasteiger partial charge >= 0.3 is 5.97 Å². The molecule has 0 aromatic heterocycles. The second-order valence-corrected chi connectivity index (χ2v) is 5.60. The van der Waals surface area contributed by atoms with E-state index in [1.165, 1.54) is 0 Å². The van der Waals surface area contributed by atoms with Gasteiger partial charge in [0.15, 0.2) is 0 Å². The van der Waals surface area contributed by atoms with Gasteiger partial charge in [0.1, 0.15) is 6.04 Å². The van der Waals surface area contributed by atoms with Crippen LogP contribution in [-0.4, -0.2) is 33.3 Å². The molecule has 0 aromatic carbocycles. The molecule has 0 aliphatic rings. The quantitative estimate of drug-likeness (QED) is 0.683. The highest BCUT2D eigenvalue weighted by Crippen LogP contribution is 2.07. The Balaban J connectivity index is 4.51. The first-order chi connectivity index (χ1) is 6.76. The molecule has 0 bridgehead atoms. The molecule has 90 valence electrons. The zero-order chi connectivity index (χ0) is 12.1. The van der Waals surface area contributed by atoms with E-state index in [1.54, 1.807) is 6.92 Å². The highest BCUT2D eigenvalue weighted by atomic mass is 32.2. The number of hydrogen-bond donors (Lipinski definition) is 1. The molecule has 6 heteroatoms. The van der Waals surface area contributed by atoms with Gasteiger partial charge in [-0.1, -0.05) is 13.8 Å². The summed E-state index contributed by atoms with van der Waals surface area (Å²) in [6, 6.07) is -0.778. The number of hydrogen-bond acceptors (Lipinski definition) is 4. The summed E-state index contributed by atoms with van der Waals surface area (Å²) in [5, 5.41) is 0. The molecule has 1 atom stereocenters. The van der Waals surface area contributed by atoms with Crippen LogP contribution in [0.25, 0.3) is 0 Å². The van der Waals surface area contributed by atoms with Crippen molar-refractivity contribution >= 4 is 16.0 Å². The number of nitrogens with one attached hydrogen (secondary N) is 1. The summed E-state index contributed by atoms with van der Waals surface area (Å²) in [4.78, 5) is 11.4. The van der Waals surface area contributed by atoms with Crippen molar-refractivity contribution in [3.05, 3.63) is 0 Å². The van der Waals surface area contributed by atoms with E-state index in [1.807, 2.05) is 13.8 Å². The van der Waals surface area contributed by atoms with Crippen LogP contribution in [0.4, 0.5) is 0 Å². The third-order valence-corrected chi connectivity index (χ3v) is 2.35. The maximum absolute atomic E-state index is 11.4. The maximum atomic E-state index is 11.4. The molecule has 0 aromatic rings. The van der Waals surface area contributed by atoms with E-state index in [-0.39, 0.29) is 12.5 Å². The first-order valence-corrected chi connectivity index (χ1v) is 6.79. The number of carbonyl (C=O) groups is 1. The maximum Gasteiger partial charge on any atom is 0.324 e. The van der Waals surface area contributed by atoms with Gasteiger partial charge in [-0.25, -0.2) is 13.1 Å². The van der Waals surface area contributed by atoms with Crippen LogP contribution in [0.3, 0.4) is 0 Å². The zero-order valence-corrected chi connectivity index (χ0v) is 10.4. The van der Waals surface area contributed by atoms with Crippen molar-refractivity contribution in [2.75, 3.05) is 12.9 Å². The average Bonchev–Trinajstić information content (AvgIpc) is 1.99. The number of carbonyl (C=O) groups excluding carboxylic acids is 1. The fourth-order valence-electron chi connectivity index (χ4n) is 1.17. The average molecular weight is 237 g/mol. The van der Waals surface area contributed by atoms with Crippen LogP contribution in [-0.2, 0) is 19.6 Å². The standard InChI is InChI=1S/C9H19NO4S/c1-5-14-9(11)8(6-7(2)3)10-15(4,12)13/h7-8,10H,5-6H2,1-4H3. The molecule has 0 rings (SSSR count). The summed E-state index contributed by atoms with van der Waals surface area (Å²) < 4.78 is 29.1. The summed E-state index contributed by atoms with van der Waals surface area (Å²) in [5.74, 6) is -0.301. The van der Waals surface area contributed by atoms with E-state index in [9.17, 15) is 13.2 Å². The third-order valence-electron chi connectivity index (χ3n) is 1.63. The van der Waals surface area contributed by atoms with Gasteiger partial charge in [-0.3, -0.25) is 4.79 Å². The van der Waals surface area contributed by atoms with Crippen LogP contribution in [0.5, 0.6) is 0 Å². The topological polar surface area (TPSA) is 72.5 Å². The van der Waals surface area contributed by atoms with E-state index in [4.69, 9.17) is 4.74 Å². The van der Waals surface area contributed by atoms with Gasteiger partial charge in [-0.15, -0.1) is 0 Å². The van der Waals surface area contributed by atoms with Gasteiger partial charge in [0, 0.05) is 0 Å². The van der Waals surface area contributed by atoms with Crippen molar-refractivity contribution in [3.8, 4) is 0 Å². The first kappa shape index (κ1) is 14.4. The summed E-state index contributed by atoms with van der Waals surface area (Å²) >= 11 is 0. The van der Waals surface area contributed by atoms with Crippen LogP contribution in [0, 0.1) is 5.92 Å². The molecular formula is C9H19NO4S. The van der Waals surface area contributed by atoms with Gasteiger partial charge in [-0.2, -0.15) is 0 Å². The Morgan fingerprint density at radius 2 is 1.93 bits per heavy atom. The molecule has 0 fully saturated rings. The van der Waals surface area contributed by atoms with Crippen molar-refractivity contribution in [2.24, 2.45) is 5.92 Å². The van der Waals surface area contributed by atoms with Crippen LogP contribution in [0.2, 0.25) is 0 Å². The van der Waals surface area contributed by atoms with Gasteiger partial charge in [0.25, 0.3) is 0 Å². The van der Waals surface area contributed by atoms with E-state index >= 15 is 0 Å². The number of sulfonamides is 1. The highest BCUT2D eigenvalue weighted by Gasteiger charge is 2.23.